The van der Waals surface area contributed by atoms with Crippen molar-refractivity contribution in [2.75, 3.05) is 5.73 Å². The molecule has 0 saturated heterocycles. The van der Waals surface area contributed by atoms with Crippen LogP contribution in [0.1, 0.15) is 5.56 Å². The lowest BCUT2D eigenvalue weighted by Crippen LogP contribution is -2.13. The number of anilines is 1. The van der Waals surface area contributed by atoms with E-state index < -0.39 is 10.0 Å². The lowest BCUT2D eigenvalue weighted by molar-refractivity contribution is 0.543. The zero-order chi connectivity index (χ0) is 20.6. The molecule has 2 N–H and O–H groups in total. The Bertz CT molecular complexity index is 1380. The number of benzene rings is 3. The fourth-order valence-electron chi connectivity index (χ4n) is 3.03. The van der Waals surface area contributed by atoms with E-state index in [4.69, 9.17) is 10.2 Å². The molecule has 0 aliphatic carbocycles. The third kappa shape index (κ3) is 3.83. The Morgan fingerprint density at radius 2 is 1.66 bits per heavy atom. The van der Waals surface area contributed by atoms with Gasteiger partial charge in [0.25, 0.3) is 10.0 Å². The number of nitrogen functional groups attached to an aromatic ring is 1. The molecule has 0 aliphatic heterocycles. The van der Waals surface area contributed by atoms with Crippen molar-refractivity contribution in [3.8, 4) is 11.1 Å². The molecular weight excluding hydrogens is 452 g/mol. The molecule has 3 aromatic carbocycles. The lowest BCUT2D eigenvalue weighted by Gasteiger charge is -2.10. The van der Waals surface area contributed by atoms with Gasteiger partial charge in [-0.15, -0.1) is 4.40 Å². The van der Waals surface area contributed by atoms with Crippen molar-refractivity contribution < 1.29 is 12.8 Å². The molecule has 1 aromatic heterocycles. The number of halogens is 1. The van der Waals surface area contributed by atoms with Crippen LogP contribution in [0.4, 0.5) is 5.69 Å². The number of nitrogens with two attached hydrogens (primary N) is 1. The summed E-state index contributed by atoms with van der Waals surface area (Å²) in [5.74, 6) is 0. The normalized spacial score (nSPS) is 12.4. The molecule has 0 bridgehead atoms. The van der Waals surface area contributed by atoms with Gasteiger partial charge < -0.3 is 10.2 Å². The van der Waals surface area contributed by atoms with Gasteiger partial charge in [-0.05, 0) is 42.8 Å². The summed E-state index contributed by atoms with van der Waals surface area (Å²) < 4.78 is 36.6. The first-order chi connectivity index (χ1) is 13.8. The van der Waals surface area contributed by atoms with Crippen LogP contribution in [0.2, 0.25) is 0 Å². The number of fused-ring (bicyclic) bond motifs is 1. The molecule has 1 heterocycles. The van der Waals surface area contributed by atoms with Crippen molar-refractivity contribution >= 4 is 42.6 Å². The third-order valence-electron chi connectivity index (χ3n) is 4.51. The maximum Gasteiger partial charge on any atom is 0.285 e. The highest BCUT2D eigenvalue weighted by Crippen LogP contribution is 2.31. The van der Waals surface area contributed by atoms with Crippen molar-refractivity contribution in [2.24, 2.45) is 4.40 Å². The largest absolute Gasteiger partial charge is 0.437 e. The van der Waals surface area contributed by atoms with Gasteiger partial charge in [-0.1, -0.05) is 64.0 Å². The van der Waals surface area contributed by atoms with Crippen LogP contribution in [0.5, 0.6) is 0 Å². The van der Waals surface area contributed by atoms with Gasteiger partial charge in [-0.3, -0.25) is 0 Å². The molecule has 0 aliphatic rings. The third-order valence-corrected chi connectivity index (χ3v) is 6.27. The summed E-state index contributed by atoms with van der Waals surface area (Å²) in [6.45, 7) is 1.89. The van der Waals surface area contributed by atoms with E-state index in [9.17, 15) is 8.42 Å². The number of aryl methyl sites for hydroxylation is 1. The number of nitrogens with zero attached hydrogens (tertiary/aromatic N) is 1. The van der Waals surface area contributed by atoms with Crippen molar-refractivity contribution in [1.29, 1.82) is 0 Å². The number of sulfonamides is 1. The van der Waals surface area contributed by atoms with E-state index in [1.165, 1.54) is 12.1 Å². The maximum atomic E-state index is 12.9. The van der Waals surface area contributed by atoms with Crippen LogP contribution in [0.3, 0.4) is 0 Å². The van der Waals surface area contributed by atoms with Crippen molar-refractivity contribution in [2.45, 2.75) is 11.8 Å². The summed E-state index contributed by atoms with van der Waals surface area (Å²) in [5, 5.41) is 0.671. The zero-order valence-corrected chi connectivity index (χ0v) is 17.9. The van der Waals surface area contributed by atoms with E-state index in [0.717, 1.165) is 10.0 Å². The molecule has 0 saturated carbocycles. The Labute approximate surface area is 176 Å². The molecule has 0 fully saturated rings. The van der Waals surface area contributed by atoms with Crippen LogP contribution < -0.4 is 11.3 Å². The summed E-state index contributed by atoms with van der Waals surface area (Å²) in [6.07, 6.45) is 0. The van der Waals surface area contributed by atoms with Gasteiger partial charge in [0.2, 0.25) is 5.55 Å². The van der Waals surface area contributed by atoms with Crippen molar-refractivity contribution in [3.63, 3.8) is 0 Å². The smallest absolute Gasteiger partial charge is 0.285 e. The second-order valence-electron chi connectivity index (χ2n) is 6.58. The van der Waals surface area contributed by atoms with Gasteiger partial charge in [0.15, 0.2) is 0 Å². The van der Waals surface area contributed by atoms with Gasteiger partial charge >= 0.3 is 0 Å². The Kier molecular flexibility index (Phi) is 5.02. The molecule has 4 aromatic rings. The minimum absolute atomic E-state index is 0.0518. The molecular formula is C22H17BrN2O3S. The Morgan fingerprint density at radius 3 is 2.34 bits per heavy atom. The summed E-state index contributed by atoms with van der Waals surface area (Å²) in [5.41, 5.74) is 9.37. The summed E-state index contributed by atoms with van der Waals surface area (Å²) in [7, 11) is -3.99. The van der Waals surface area contributed by atoms with Gasteiger partial charge in [0.05, 0.1) is 16.1 Å². The fourth-order valence-corrected chi connectivity index (χ4v) is 4.32. The fraction of sp³-hybridized carbons (Fsp3) is 0.0455. The molecule has 146 valence electrons. The molecule has 0 spiro atoms. The molecule has 0 unspecified atom stereocenters. The van der Waals surface area contributed by atoms with Gasteiger partial charge in [-0.25, -0.2) is 0 Å². The van der Waals surface area contributed by atoms with E-state index in [-0.39, 0.29) is 10.4 Å². The summed E-state index contributed by atoms with van der Waals surface area (Å²) in [4.78, 5) is 0.0896. The molecule has 0 atom stereocenters. The van der Waals surface area contributed by atoms with Crippen LogP contribution in [-0.4, -0.2) is 8.42 Å². The molecule has 4 rings (SSSR count). The van der Waals surface area contributed by atoms with E-state index in [1.54, 1.807) is 24.3 Å². The monoisotopic (exact) mass is 468 g/mol. The minimum Gasteiger partial charge on any atom is -0.437 e. The average Bonchev–Trinajstić information content (AvgIpc) is 2.69. The van der Waals surface area contributed by atoms with E-state index in [2.05, 4.69) is 20.3 Å². The quantitative estimate of drug-likeness (QED) is 0.456. The molecule has 0 radical (unpaired) electrons. The highest BCUT2D eigenvalue weighted by Gasteiger charge is 2.18. The van der Waals surface area contributed by atoms with E-state index >= 15 is 0 Å². The minimum atomic E-state index is -3.99. The second kappa shape index (κ2) is 7.50. The first-order valence-corrected chi connectivity index (χ1v) is 11.0. The predicted molar refractivity (Wildman–Crippen MR) is 118 cm³/mol. The highest BCUT2D eigenvalue weighted by molar-refractivity contribution is 9.10. The van der Waals surface area contributed by atoms with E-state index in [1.807, 2.05) is 43.3 Å². The van der Waals surface area contributed by atoms with E-state index in [0.29, 0.717) is 27.8 Å². The number of hydrogen-bond donors (Lipinski definition) is 1. The first kappa shape index (κ1) is 19.4. The Morgan fingerprint density at radius 1 is 0.966 bits per heavy atom. The SMILES string of the molecule is Cc1ccc(S(=O)(=O)N=c2oc3ccc(Br)cc3c(N)c2-c2ccccc2)cc1. The van der Waals surface area contributed by atoms with Crippen LogP contribution in [0.15, 0.2) is 91.0 Å². The van der Waals surface area contributed by atoms with Gasteiger partial charge in [0, 0.05) is 9.86 Å². The Hall–Kier alpha value is -2.90. The topological polar surface area (TPSA) is 85.7 Å². The zero-order valence-electron chi connectivity index (χ0n) is 15.5. The standard InChI is InChI=1S/C22H17BrN2O3S/c1-14-7-10-17(11-8-14)29(26,27)25-22-20(15-5-3-2-4-6-15)21(24)18-13-16(23)9-12-19(18)28-22/h2-13H,24H2,1H3. The summed E-state index contributed by atoms with van der Waals surface area (Å²) >= 11 is 3.43. The Balaban J connectivity index is 2.06. The summed E-state index contributed by atoms with van der Waals surface area (Å²) in [6, 6.07) is 21.1. The molecule has 0 amide bonds. The molecule has 5 nitrogen and oxygen atoms in total. The number of rotatable bonds is 3. The molecule has 7 heteroatoms. The first-order valence-electron chi connectivity index (χ1n) is 8.80. The van der Waals surface area contributed by atoms with Crippen LogP contribution in [0.25, 0.3) is 22.1 Å². The predicted octanol–water partition coefficient (Wildman–Crippen LogP) is 5.04. The molecule has 29 heavy (non-hydrogen) atoms. The van der Waals surface area contributed by atoms with Crippen molar-refractivity contribution in [1.82, 2.24) is 0 Å². The van der Waals surface area contributed by atoms with Crippen molar-refractivity contribution in [3.05, 3.63) is 88.4 Å². The van der Waals surface area contributed by atoms with Crippen LogP contribution in [-0.2, 0) is 10.0 Å². The van der Waals surface area contributed by atoms with Crippen LogP contribution >= 0.6 is 15.9 Å². The number of hydrogen-bond acceptors (Lipinski definition) is 4. The lowest BCUT2D eigenvalue weighted by atomic mass is 10.0. The second-order valence-corrected chi connectivity index (χ2v) is 9.10. The van der Waals surface area contributed by atoms with Gasteiger partial charge in [0.1, 0.15) is 5.58 Å². The van der Waals surface area contributed by atoms with Gasteiger partial charge in [-0.2, -0.15) is 8.42 Å². The van der Waals surface area contributed by atoms with Crippen LogP contribution in [0, 0.1) is 6.92 Å². The highest BCUT2D eigenvalue weighted by atomic mass is 79.9. The average molecular weight is 469 g/mol. The maximum absolute atomic E-state index is 12.9.